The second kappa shape index (κ2) is 5.56. The molecule has 1 aromatic rings. The number of carbonyl (C=O) groups is 2. The molecule has 1 heterocycles. The zero-order valence-electron chi connectivity index (χ0n) is 13.0. The number of nitrogens with zero attached hydrogens (tertiary/aromatic N) is 1. The summed E-state index contributed by atoms with van der Waals surface area (Å²) in [7, 11) is 1.54. The van der Waals surface area contributed by atoms with Crippen molar-refractivity contribution in [2.24, 2.45) is 5.41 Å². The Bertz CT molecular complexity index is 677. The SMILES string of the molecule is COc1cc(NC(=O)C2(C)CC2(Cl)Cl)ccc1N1CCCC1=O. The van der Waals surface area contributed by atoms with Crippen molar-refractivity contribution in [3.8, 4) is 5.75 Å². The van der Waals surface area contributed by atoms with E-state index in [9.17, 15) is 9.59 Å². The van der Waals surface area contributed by atoms with Gasteiger partial charge in [-0.1, -0.05) is 0 Å². The molecule has 1 atom stereocenters. The molecule has 0 aromatic heterocycles. The van der Waals surface area contributed by atoms with Crippen LogP contribution in [0.25, 0.3) is 0 Å². The molecule has 5 nitrogen and oxygen atoms in total. The fraction of sp³-hybridized carbons (Fsp3) is 0.500. The van der Waals surface area contributed by atoms with Crippen LogP contribution in [-0.2, 0) is 9.59 Å². The van der Waals surface area contributed by atoms with Crippen LogP contribution in [0.3, 0.4) is 0 Å². The van der Waals surface area contributed by atoms with Gasteiger partial charge in [0.05, 0.1) is 18.2 Å². The van der Waals surface area contributed by atoms with Crippen LogP contribution in [0.5, 0.6) is 5.75 Å². The minimum Gasteiger partial charge on any atom is -0.494 e. The van der Waals surface area contributed by atoms with Crippen LogP contribution < -0.4 is 15.0 Å². The summed E-state index contributed by atoms with van der Waals surface area (Å²) in [5.74, 6) is 0.399. The van der Waals surface area contributed by atoms with Gasteiger partial charge in [-0.3, -0.25) is 9.59 Å². The summed E-state index contributed by atoms with van der Waals surface area (Å²) in [6.07, 6.45) is 1.81. The summed E-state index contributed by atoms with van der Waals surface area (Å²) in [5, 5.41) is 2.81. The molecule has 1 N–H and O–H groups in total. The molecule has 1 saturated carbocycles. The second-order valence-corrected chi connectivity index (χ2v) is 7.69. The standard InChI is InChI=1S/C16H18Cl2N2O3/c1-15(9-16(15,17)18)14(22)19-10-5-6-11(12(8-10)23-2)20-7-3-4-13(20)21/h5-6,8H,3-4,7,9H2,1-2H3,(H,19,22). The zero-order chi connectivity index (χ0) is 16.8. The lowest BCUT2D eigenvalue weighted by Gasteiger charge is -2.20. The van der Waals surface area contributed by atoms with Gasteiger partial charge in [-0.15, -0.1) is 23.2 Å². The maximum Gasteiger partial charge on any atom is 0.233 e. The van der Waals surface area contributed by atoms with E-state index in [1.807, 2.05) is 0 Å². The van der Waals surface area contributed by atoms with Crippen LogP contribution in [-0.4, -0.2) is 29.8 Å². The molecule has 0 bridgehead atoms. The largest absolute Gasteiger partial charge is 0.494 e. The number of rotatable bonds is 4. The highest BCUT2D eigenvalue weighted by molar-refractivity contribution is 6.53. The molecule has 1 aromatic carbocycles. The maximum atomic E-state index is 12.3. The minimum absolute atomic E-state index is 0.0830. The van der Waals surface area contributed by atoms with Gasteiger partial charge in [-0.05, 0) is 31.9 Å². The van der Waals surface area contributed by atoms with E-state index in [1.54, 1.807) is 30.0 Å². The topological polar surface area (TPSA) is 58.6 Å². The average molecular weight is 357 g/mol. The van der Waals surface area contributed by atoms with E-state index in [0.29, 0.717) is 30.8 Å². The molecule has 7 heteroatoms. The number of hydrogen-bond donors (Lipinski definition) is 1. The van der Waals surface area contributed by atoms with Crippen LogP contribution in [0.1, 0.15) is 26.2 Å². The Labute approximate surface area is 144 Å². The summed E-state index contributed by atoms with van der Waals surface area (Å²) in [5.41, 5.74) is 0.515. The summed E-state index contributed by atoms with van der Waals surface area (Å²) >= 11 is 12.1. The first-order valence-electron chi connectivity index (χ1n) is 7.46. The Kier molecular flexibility index (Phi) is 3.97. The first-order chi connectivity index (χ1) is 10.8. The number of ether oxygens (including phenoxy) is 1. The van der Waals surface area contributed by atoms with Crippen molar-refractivity contribution in [1.82, 2.24) is 0 Å². The number of benzene rings is 1. The molecule has 23 heavy (non-hydrogen) atoms. The Morgan fingerprint density at radius 3 is 2.61 bits per heavy atom. The first kappa shape index (κ1) is 16.4. The third-order valence-electron chi connectivity index (χ3n) is 4.56. The maximum absolute atomic E-state index is 12.3. The van der Waals surface area contributed by atoms with Crippen LogP contribution in [0, 0.1) is 5.41 Å². The average Bonchev–Trinajstić information content (AvgIpc) is 2.82. The molecule has 1 aliphatic carbocycles. The number of methoxy groups -OCH3 is 1. The highest BCUT2D eigenvalue weighted by Crippen LogP contribution is 2.64. The quantitative estimate of drug-likeness (QED) is 0.841. The van der Waals surface area contributed by atoms with Gasteiger partial charge in [0, 0.05) is 24.7 Å². The number of amides is 2. The van der Waals surface area contributed by atoms with Gasteiger partial charge in [0.15, 0.2) is 0 Å². The molecule has 124 valence electrons. The van der Waals surface area contributed by atoms with Crippen molar-refractivity contribution >= 4 is 46.4 Å². The Morgan fingerprint density at radius 2 is 2.09 bits per heavy atom. The normalized spacial score (nSPS) is 25.4. The van der Waals surface area contributed by atoms with Crippen molar-refractivity contribution < 1.29 is 14.3 Å². The van der Waals surface area contributed by atoms with Crippen molar-refractivity contribution in [3.05, 3.63) is 18.2 Å². The van der Waals surface area contributed by atoms with Crippen molar-refractivity contribution in [1.29, 1.82) is 0 Å². The highest BCUT2D eigenvalue weighted by Gasteiger charge is 2.67. The first-order valence-corrected chi connectivity index (χ1v) is 8.22. The molecule has 2 aliphatic rings. The zero-order valence-corrected chi connectivity index (χ0v) is 14.5. The van der Waals surface area contributed by atoms with E-state index in [2.05, 4.69) is 5.32 Å². The van der Waals surface area contributed by atoms with Crippen LogP contribution in [0.4, 0.5) is 11.4 Å². The molecule has 0 spiro atoms. The molecular weight excluding hydrogens is 339 g/mol. The summed E-state index contributed by atoms with van der Waals surface area (Å²) in [4.78, 5) is 25.9. The molecule has 3 rings (SSSR count). The van der Waals surface area contributed by atoms with Crippen molar-refractivity contribution in [2.75, 3.05) is 23.9 Å². The van der Waals surface area contributed by atoms with Gasteiger partial charge in [0.2, 0.25) is 11.8 Å². The summed E-state index contributed by atoms with van der Waals surface area (Å²) in [6.45, 7) is 2.41. The molecule has 1 unspecified atom stereocenters. The smallest absolute Gasteiger partial charge is 0.233 e. The molecule has 1 aliphatic heterocycles. The third kappa shape index (κ3) is 2.76. The predicted octanol–water partition coefficient (Wildman–Crippen LogP) is 3.34. The third-order valence-corrected chi connectivity index (χ3v) is 5.66. The number of carbonyl (C=O) groups excluding carboxylic acids is 2. The number of hydrogen-bond acceptors (Lipinski definition) is 3. The van der Waals surface area contributed by atoms with E-state index in [1.165, 1.54) is 7.11 Å². The van der Waals surface area contributed by atoms with E-state index in [4.69, 9.17) is 27.9 Å². The number of anilines is 2. The summed E-state index contributed by atoms with van der Waals surface area (Å²) in [6, 6.07) is 5.23. The van der Waals surface area contributed by atoms with Gasteiger partial charge in [-0.25, -0.2) is 0 Å². The van der Waals surface area contributed by atoms with Gasteiger partial charge >= 0.3 is 0 Å². The fourth-order valence-electron chi connectivity index (χ4n) is 2.80. The Hall–Kier alpha value is -1.46. The Balaban J connectivity index is 1.80. The van der Waals surface area contributed by atoms with Crippen LogP contribution >= 0.6 is 23.2 Å². The number of alkyl halides is 2. The van der Waals surface area contributed by atoms with Crippen LogP contribution in [0.15, 0.2) is 18.2 Å². The molecular formula is C16H18Cl2N2O3. The van der Waals surface area contributed by atoms with Crippen molar-refractivity contribution in [2.45, 2.75) is 30.5 Å². The number of nitrogens with one attached hydrogen (secondary N) is 1. The summed E-state index contributed by atoms with van der Waals surface area (Å²) < 4.78 is 4.36. The van der Waals surface area contributed by atoms with Crippen LogP contribution in [0.2, 0.25) is 0 Å². The van der Waals surface area contributed by atoms with E-state index in [0.717, 1.165) is 12.1 Å². The van der Waals surface area contributed by atoms with E-state index in [-0.39, 0.29) is 11.8 Å². The molecule has 2 fully saturated rings. The Morgan fingerprint density at radius 1 is 1.39 bits per heavy atom. The lowest BCUT2D eigenvalue weighted by Crippen LogP contribution is -2.26. The van der Waals surface area contributed by atoms with Gasteiger partial charge in [0.1, 0.15) is 10.1 Å². The highest BCUT2D eigenvalue weighted by atomic mass is 35.5. The lowest BCUT2D eigenvalue weighted by molar-refractivity contribution is -0.120. The van der Waals surface area contributed by atoms with Crippen molar-refractivity contribution in [3.63, 3.8) is 0 Å². The lowest BCUT2D eigenvalue weighted by atomic mass is 10.1. The molecule has 0 radical (unpaired) electrons. The van der Waals surface area contributed by atoms with Gasteiger partial charge in [-0.2, -0.15) is 0 Å². The van der Waals surface area contributed by atoms with E-state index >= 15 is 0 Å². The van der Waals surface area contributed by atoms with Gasteiger partial charge < -0.3 is 15.0 Å². The number of halogens is 2. The molecule has 1 saturated heterocycles. The fourth-order valence-corrected chi connectivity index (χ4v) is 3.50. The predicted molar refractivity (Wildman–Crippen MR) is 90.4 cm³/mol. The minimum atomic E-state index is -1.01. The van der Waals surface area contributed by atoms with Gasteiger partial charge in [0.25, 0.3) is 0 Å². The molecule has 2 amide bonds. The van der Waals surface area contributed by atoms with E-state index < -0.39 is 9.75 Å². The second-order valence-electron chi connectivity index (χ2n) is 6.20. The monoisotopic (exact) mass is 356 g/mol.